The molecule has 0 saturated carbocycles. The van der Waals surface area contributed by atoms with Crippen molar-refractivity contribution in [3.05, 3.63) is 24.3 Å². The molecule has 1 aromatic rings. The van der Waals surface area contributed by atoms with Crippen LogP contribution in [0.15, 0.2) is 24.3 Å². The van der Waals surface area contributed by atoms with Gasteiger partial charge < -0.3 is 20.7 Å². The minimum absolute atomic E-state index is 0.237. The molecule has 1 aliphatic heterocycles. The summed E-state index contributed by atoms with van der Waals surface area (Å²) in [6, 6.07) is 8.25. The second kappa shape index (κ2) is 6.43. The summed E-state index contributed by atoms with van der Waals surface area (Å²) < 4.78 is 5.61. The number of hydrogen-bond acceptors (Lipinski definition) is 4. The molecular weight excluding hydrogens is 242 g/mol. The van der Waals surface area contributed by atoms with Crippen molar-refractivity contribution in [2.45, 2.75) is 18.9 Å². The summed E-state index contributed by atoms with van der Waals surface area (Å²) in [4.78, 5) is 13.0. The molecule has 0 aromatic heterocycles. The maximum atomic E-state index is 10.7. The first kappa shape index (κ1) is 13.7. The van der Waals surface area contributed by atoms with Gasteiger partial charge in [0.25, 0.3) is 0 Å². The van der Waals surface area contributed by atoms with E-state index in [2.05, 4.69) is 17.3 Å². The van der Waals surface area contributed by atoms with Gasteiger partial charge in [-0.1, -0.05) is 12.1 Å². The molecule has 1 heterocycles. The average molecular weight is 263 g/mol. The number of likely N-dealkylation sites (N-methyl/N-ethyl adjacent to an activating group) is 1. The number of likely N-dealkylation sites (tertiary alicyclic amines) is 1. The molecule has 5 nitrogen and oxygen atoms in total. The fourth-order valence-corrected chi connectivity index (χ4v) is 2.25. The van der Waals surface area contributed by atoms with Gasteiger partial charge in [0.15, 0.2) is 0 Å². The third-order valence-electron chi connectivity index (χ3n) is 3.24. The van der Waals surface area contributed by atoms with Gasteiger partial charge in [0, 0.05) is 12.6 Å². The number of primary amides is 1. The van der Waals surface area contributed by atoms with E-state index < -0.39 is 0 Å². The Balaban J connectivity index is 1.93. The lowest BCUT2D eigenvalue weighted by Gasteiger charge is -2.17. The Hall–Kier alpha value is -1.75. The van der Waals surface area contributed by atoms with Crippen LogP contribution in [0.5, 0.6) is 5.75 Å². The van der Waals surface area contributed by atoms with Gasteiger partial charge in [-0.2, -0.15) is 0 Å². The van der Waals surface area contributed by atoms with E-state index in [1.165, 1.54) is 0 Å². The molecule has 0 radical (unpaired) electrons. The van der Waals surface area contributed by atoms with Crippen molar-refractivity contribution in [2.24, 2.45) is 5.73 Å². The highest BCUT2D eigenvalue weighted by Gasteiger charge is 2.19. The Morgan fingerprint density at radius 3 is 3.00 bits per heavy atom. The first-order chi connectivity index (χ1) is 9.15. The van der Waals surface area contributed by atoms with E-state index in [1.807, 2.05) is 24.3 Å². The monoisotopic (exact) mass is 263 g/mol. The number of anilines is 1. The molecule has 0 bridgehead atoms. The largest absolute Gasteiger partial charge is 0.491 e. The van der Waals surface area contributed by atoms with E-state index >= 15 is 0 Å². The molecule has 2 rings (SSSR count). The second-order valence-electron chi connectivity index (χ2n) is 4.95. The Morgan fingerprint density at radius 1 is 1.53 bits per heavy atom. The minimum atomic E-state index is -0.345. The van der Waals surface area contributed by atoms with Crippen molar-refractivity contribution in [3.63, 3.8) is 0 Å². The van der Waals surface area contributed by atoms with Crippen molar-refractivity contribution < 1.29 is 9.53 Å². The van der Waals surface area contributed by atoms with Crippen molar-refractivity contribution in [1.82, 2.24) is 4.90 Å². The first-order valence-electron chi connectivity index (χ1n) is 6.60. The second-order valence-corrected chi connectivity index (χ2v) is 4.95. The summed E-state index contributed by atoms with van der Waals surface area (Å²) in [5, 5.41) is 3.50. The lowest BCUT2D eigenvalue weighted by Crippen LogP contribution is -2.24. The Bertz CT molecular complexity index is 436. The number of hydrogen-bond donors (Lipinski definition) is 2. The molecule has 5 heteroatoms. The zero-order valence-electron chi connectivity index (χ0n) is 11.3. The van der Waals surface area contributed by atoms with Crippen molar-refractivity contribution in [3.8, 4) is 5.75 Å². The third-order valence-corrected chi connectivity index (χ3v) is 3.24. The smallest absolute Gasteiger partial charge is 0.220 e. The number of carbonyl (C=O) groups is 1. The zero-order chi connectivity index (χ0) is 13.7. The highest BCUT2D eigenvalue weighted by atomic mass is 16.5. The number of benzene rings is 1. The molecule has 1 atom stereocenters. The number of rotatable bonds is 6. The molecule has 19 heavy (non-hydrogen) atoms. The van der Waals surface area contributed by atoms with Gasteiger partial charge in [0.1, 0.15) is 5.75 Å². The van der Waals surface area contributed by atoms with E-state index in [1.54, 1.807) is 0 Å². The van der Waals surface area contributed by atoms with Crippen LogP contribution in [0.1, 0.15) is 12.8 Å². The standard InChI is InChI=1S/C14H21N3O2/c1-17-8-6-11(10-17)16-12-4-2-3-5-13(12)19-9-7-14(15)18/h2-5,11,16H,6-10H2,1H3,(H2,15,18). The van der Waals surface area contributed by atoms with Gasteiger partial charge in [-0.05, 0) is 32.1 Å². The predicted molar refractivity (Wildman–Crippen MR) is 75.3 cm³/mol. The highest BCUT2D eigenvalue weighted by Crippen LogP contribution is 2.26. The molecular formula is C14H21N3O2. The molecule has 1 saturated heterocycles. The molecule has 3 N–H and O–H groups in total. The Morgan fingerprint density at radius 2 is 2.32 bits per heavy atom. The van der Waals surface area contributed by atoms with E-state index in [9.17, 15) is 4.79 Å². The topological polar surface area (TPSA) is 67.6 Å². The lowest BCUT2D eigenvalue weighted by molar-refractivity contribution is -0.118. The fourth-order valence-electron chi connectivity index (χ4n) is 2.25. The van der Waals surface area contributed by atoms with Crippen LogP contribution in [-0.2, 0) is 4.79 Å². The van der Waals surface area contributed by atoms with E-state index in [4.69, 9.17) is 10.5 Å². The number of nitrogens with zero attached hydrogens (tertiary/aromatic N) is 1. The summed E-state index contributed by atoms with van der Waals surface area (Å²) in [7, 11) is 2.12. The summed E-state index contributed by atoms with van der Waals surface area (Å²) in [6.07, 6.45) is 1.37. The van der Waals surface area contributed by atoms with Gasteiger partial charge in [0.2, 0.25) is 5.91 Å². The van der Waals surface area contributed by atoms with Gasteiger partial charge in [-0.25, -0.2) is 0 Å². The average Bonchev–Trinajstić information content (AvgIpc) is 2.77. The zero-order valence-corrected chi connectivity index (χ0v) is 11.3. The van der Waals surface area contributed by atoms with Crippen molar-refractivity contribution >= 4 is 11.6 Å². The van der Waals surface area contributed by atoms with Crippen LogP contribution in [-0.4, -0.2) is 43.6 Å². The fraction of sp³-hybridized carbons (Fsp3) is 0.500. The molecule has 1 aromatic carbocycles. The van der Waals surface area contributed by atoms with Crippen LogP contribution >= 0.6 is 0 Å². The number of amides is 1. The van der Waals surface area contributed by atoms with Gasteiger partial charge in [0.05, 0.1) is 18.7 Å². The molecule has 1 amide bonds. The maximum Gasteiger partial charge on any atom is 0.220 e. The van der Waals surface area contributed by atoms with Crippen molar-refractivity contribution in [1.29, 1.82) is 0 Å². The van der Waals surface area contributed by atoms with Gasteiger partial charge in [-0.3, -0.25) is 4.79 Å². The molecule has 0 aliphatic carbocycles. The number of carbonyl (C=O) groups excluding carboxylic acids is 1. The molecule has 1 unspecified atom stereocenters. The summed E-state index contributed by atoms with van der Waals surface area (Å²) in [5.74, 6) is 0.432. The summed E-state index contributed by atoms with van der Waals surface area (Å²) in [5.41, 5.74) is 6.08. The van der Waals surface area contributed by atoms with Crippen LogP contribution in [0.2, 0.25) is 0 Å². The molecule has 1 fully saturated rings. The van der Waals surface area contributed by atoms with Gasteiger partial charge >= 0.3 is 0 Å². The van der Waals surface area contributed by atoms with Gasteiger partial charge in [-0.15, -0.1) is 0 Å². The minimum Gasteiger partial charge on any atom is -0.491 e. The summed E-state index contributed by atoms with van der Waals surface area (Å²) >= 11 is 0. The van der Waals surface area contributed by atoms with Crippen LogP contribution in [0.3, 0.4) is 0 Å². The number of nitrogens with two attached hydrogens (primary N) is 1. The van der Waals surface area contributed by atoms with Crippen molar-refractivity contribution in [2.75, 3.05) is 32.1 Å². The van der Waals surface area contributed by atoms with Crippen LogP contribution in [0, 0.1) is 0 Å². The third kappa shape index (κ3) is 4.13. The number of ether oxygens (including phenoxy) is 1. The molecule has 1 aliphatic rings. The first-order valence-corrected chi connectivity index (χ1v) is 6.60. The summed E-state index contributed by atoms with van der Waals surface area (Å²) in [6.45, 7) is 2.47. The Kier molecular flexibility index (Phi) is 4.63. The Labute approximate surface area is 113 Å². The lowest BCUT2D eigenvalue weighted by atomic mass is 10.2. The number of nitrogens with one attached hydrogen (secondary N) is 1. The molecule has 104 valence electrons. The number of para-hydroxylation sites is 2. The quantitative estimate of drug-likeness (QED) is 0.805. The predicted octanol–water partition coefficient (Wildman–Crippen LogP) is 1.06. The van der Waals surface area contributed by atoms with E-state index in [0.717, 1.165) is 30.9 Å². The maximum absolute atomic E-state index is 10.7. The van der Waals surface area contributed by atoms with Crippen LogP contribution < -0.4 is 15.8 Å². The van der Waals surface area contributed by atoms with E-state index in [-0.39, 0.29) is 12.3 Å². The normalized spacial score (nSPS) is 19.3. The van der Waals surface area contributed by atoms with Crippen LogP contribution in [0.25, 0.3) is 0 Å². The molecule has 0 spiro atoms. The van der Waals surface area contributed by atoms with Crippen LogP contribution in [0.4, 0.5) is 5.69 Å². The highest BCUT2D eigenvalue weighted by molar-refractivity contribution is 5.73. The SMILES string of the molecule is CN1CCC(Nc2ccccc2OCCC(N)=O)C1. The van der Waals surface area contributed by atoms with E-state index in [0.29, 0.717) is 12.6 Å².